The molecule has 5 rings (SSSR count). The number of sulfone groups is 1. The Hall–Kier alpha value is -1.94. The van der Waals surface area contributed by atoms with E-state index in [-0.39, 0.29) is 17.4 Å². The maximum atomic E-state index is 12.9. The van der Waals surface area contributed by atoms with Crippen LogP contribution in [0, 0.1) is 5.41 Å². The van der Waals surface area contributed by atoms with E-state index in [1.54, 1.807) is 0 Å². The van der Waals surface area contributed by atoms with Crippen molar-refractivity contribution in [3.8, 4) is 11.4 Å². The summed E-state index contributed by atoms with van der Waals surface area (Å²) < 4.78 is 64.1. The van der Waals surface area contributed by atoms with E-state index in [0.29, 0.717) is 28.9 Å². The minimum Gasteiger partial charge on any atom is -0.300 e. The molecule has 33 heavy (non-hydrogen) atoms. The molecule has 2 saturated heterocycles. The lowest BCUT2D eigenvalue weighted by molar-refractivity contribution is -0.137. The first-order chi connectivity index (χ1) is 15.4. The Kier molecular flexibility index (Phi) is 5.39. The van der Waals surface area contributed by atoms with E-state index in [0.717, 1.165) is 56.7 Å². The molecular weight excluding hydrogens is 453 g/mol. The number of rotatable bonds is 4. The molecule has 0 unspecified atom stereocenters. The Morgan fingerprint density at radius 1 is 1.12 bits per heavy atom. The maximum Gasteiger partial charge on any atom is 0.416 e. The summed E-state index contributed by atoms with van der Waals surface area (Å²) in [4.78, 5) is 7.24. The summed E-state index contributed by atoms with van der Waals surface area (Å²) in [5.41, 5.74) is -0.146. The minimum atomic E-state index is -4.37. The molecule has 0 bridgehead atoms. The first kappa shape index (κ1) is 22.8. The number of halogens is 3. The fourth-order valence-corrected chi connectivity index (χ4v) is 8.11. The van der Waals surface area contributed by atoms with Gasteiger partial charge in [-0.05, 0) is 58.2 Å². The molecule has 1 aromatic carbocycles. The van der Waals surface area contributed by atoms with E-state index in [1.165, 1.54) is 12.1 Å². The first-order valence-electron chi connectivity index (χ1n) is 11.5. The monoisotopic (exact) mass is 482 g/mol. The number of likely N-dealkylation sites (tertiary alicyclic amines) is 1. The van der Waals surface area contributed by atoms with Crippen LogP contribution in [0.4, 0.5) is 13.2 Å². The van der Waals surface area contributed by atoms with Crippen LogP contribution < -0.4 is 0 Å². The van der Waals surface area contributed by atoms with Crippen LogP contribution >= 0.6 is 0 Å². The molecule has 3 fully saturated rings. The van der Waals surface area contributed by atoms with Gasteiger partial charge in [0, 0.05) is 35.5 Å². The number of alkyl halides is 3. The van der Waals surface area contributed by atoms with Crippen LogP contribution in [0.5, 0.6) is 0 Å². The van der Waals surface area contributed by atoms with E-state index in [2.05, 4.69) is 10.00 Å². The molecule has 0 N–H and O–H groups in total. The van der Waals surface area contributed by atoms with Crippen LogP contribution in [0.25, 0.3) is 11.4 Å². The van der Waals surface area contributed by atoms with Gasteiger partial charge in [-0.2, -0.15) is 18.3 Å². The highest BCUT2D eigenvalue weighted by molar-refractivity contribution is 7.92. The molecule has 6 nitrogen and oxygen atoms in total. The van der Waals surface area contributed by atoms with Gasteiger partial charge in [-0.15, -0.1) is 0 Å². The second kappa shape index (κ2) is 7.80. The van der Waals surface area contributed by atoms with Crippen molar-refractivity contribution in [1.82, 2.24) is 19.7 Å². The normalized spacial score (nSPS) is 26.8. The molecule has 1 spiro atoms. The molecule has 2 atom stereocenters. The van der Waals surface area contributed by atoms with Crippen molar-refractivity contribution in [2.75, 3.05) is 24.6 Å². The second-order valence-corrected chi connectivity index (χ2v) is 12.4. The smallest absolute Gasteiger partial charge is 0.300 e. The summed E-state index contributed by atoms with van der Waals surface area (Å²) in [6.07, 6.45) is -0.460. The Balaban J connectivity index is 1.32. The van der Waals surface area contributed by atoms with Crippen LogP contribution in [-0.4, -0.2) is 58.7 Å². The molecule has 180 valence electrons. The van der Waals surface area contributed by atoms with Gasteiger partial charge in [-0.1, -0.05) is 12.1 Å². The van der Waals surface area contributed by atoms with Gasteiger partial charge in [0.1, 0.15) is 5.82 Å². The predicted octanol–water partition coefficient (Wildman–Crippen LogP) is 4.30. The molecular formula is C23H29F3N4O2S. The van der Waals surface area contributed by atoms with Crippen molar-refractivity contribution in [2.45, 2.75) is 63.7 Å². The quantitative estimate of drug-likeness (QED) is 0.650. The number of benzene rings is 1. The average molecular weight is 483 g/mol. The van der Waals surface area contributed by atoms with Crippen LogP contribution in [0.2, 0.25) is 0 Å². The third-order valence-corrected chi connectivity index (χ3v) is 9.53. The highest BCUT2D eigenvalue weighted by Crippen LogP contribution is 2.45. The molecule has 1 saturated carbocycles. The van der Waals surface area contributed by atoms with E-state index in [1.807, 2.05) is 18.5 Å². The van der Waals surface area contributed by atoms with Gasteiger partial charge in [-0.3, -0.25) is 4.90 Å². The van der Waals surface area contributed by atoms with Crippen LogP contribution in [-0.2, 0) is 16.0 Å². The van der Waals surface area contributed by atoms with E-state index < -0.39 is 21.6 Å². The highest BCUT2D eigenvalue weighted by Gasteiger charge is 2.53. The molecule has 3 heterocycles. The summed E-state index contributed by atoms with van der Waals surface area (Å²) in [5.74, 6) is 2.23. The van der Waals surface area contributed by atoms with E-state index in [4.69, 9.17) is 4.98 Å². The third-order valence-electron chi connectivity index (χ3n) is 7.42. The molecule has 0 amide bonds. The summed E-state index contributed by atoms with van der Waals surface area (Å²) >= 11 is 0. The van der Waals surface area contributed by atoms with Crippen LogP contribution in [0.3, 0.4) is 0 Å². The molecule has 0 radical (unpaired) electrons. The summed E-state index contributed by atoms with van der Waals surface area (Å²) in [6, 6.07) is 5.50. The molecule has 1 aliphatic carbocycles. The number of aromatic nitrogens is 3. The van der Waals surface area contributed by atoms with Crippen molar-refractivity contribution in [1.29, 1.82) is 0 Å². The Morgan fingerprint density at radius 2 is 1.82 bits per heavy atom. The highest BCUT2D eigenvalue weighted by atomic mass is 32.2. The van der Waals surface area contributed by atoms with Gasteiger partial charge in [0.25, 0.3) is 0 Å². The van der Waals surface area contributed by atoms with Gasteiger partial charge in [0.15, 0.2) is 15.7 Å². The van der Waals surface area contributed by atoms with Crippen molar-refractivity contribution in [3.05, 3.63) is 35.7 Å². The van der Waals surface area contributed by atoms with Crippen LogP contribution in [0.15, 0.2) is 24.3 Å². The third kappa shape index (κ3) is 4.32. The van der Waals surface area contributed by atoms with Crippen molar-refractivity contribution in [3.63, 3.8) is 0 Å². The Bertz CT molecular complexity index is 1130. The zero-order valence-corrected chi connectivity index (χ0v) is 19.7. The minimum absolute atomic E-state index is 0.0371. The van der Waals surface area contributed by atoms with Gasteiger partial charge in [-0.25, -0.2) is 18.1 Å². The summed E-state index contributed by atoms with van der Waals surface area (Å²) in [5, 5.41) is 4.64. The van der Waals surface area contributed by atoms with Crippen LogP contribution in [0.1, 0.15) is 62.9 Å². The Labute approximate surface area is 192 Å². The molecule has 3 aliphatic rings. The fraction of sp³-hybridized carbons (Fsp3) is 0.652. The molecule has 2 aliphatic heterocycles. The second-order valence-electron chi connectivity index (χ2n) is 10.3. The number of hydrogen-bond donors (Lipinski definition) is 0. The average Bonchev–Trinajstić information content (AvgIpc) is 3.44. The van der Waals surface area contributed by atoms with Crippen molar-refractivity contribution in [2.24, 2.45) is 5.41 Å². The maximum absolute atomic E-state index is 12.9. The molecule has 10 heteroatoms. The lowest BCUT2D eigenvalue weighted by atomic mass is 9.91. The van der Waals surface area contributed by atoms with Crippen molar-refractivity contribution >= 4 is 9.84 Å². The lowest BCUT2D eigenvalue weighted by Gasteiger charge is -2.38. The zero-order chi connectivity index (χ0) is 23.6. The number of hydrogen-bond acceptors (Lipinski definition) is 5. The molecule has 1 aromatic heterocycles. The topological polar surface area (TPSA) is 68.1 Å². The Morgan fingerprint density at radius 3 is 2.42 bits per heavy atom. The summed E-state index contributed by atoms with van der Waals surface area (Å²) in [6.45, 7) is 5.86. The molecule has 2 aromatic rings. The fourth-order valence-electron chi connectivity index (χ4n) is 5.86. The van der Waals surface area contributed by atoms with E-state index >= 15 is 0 Å². The van der Waals surface area contributed by atoms with Gasteiger partial charge in [0.2, 0.25) is 0 Å². The predicted molar refractivity (Wildman–Crippen MR) is 119 cm³/mol. The zero-order valence-electron chi connectivity index (χ0n) is 18.8. The first-order valence-corrected chi connectivity index (χ1v) is 13.4. The SMILES string of the molecule is CC(C)n1nc(-c2ccc(C(F)(F)F)cc2)nc1[C@@H]1CC[C@H](N2CCC3(C2)CS(=O)(=O)C3)C1. The standard InChI is InChI=1S/C23H29F3N4O2S/c1-15(2)30-21(27-20(28-30)16-3-6-18(7-4-16)23(24,25)26)17-5-8-19(11-17)29-10-9-22(12-29)13-33(31,32)14-22/h3-4,6-7,15,17,19H,5,8-14H2,1-2H3/t17-,19+/m1/s1. The largest absolute Gasteiger partial charge is 0.416 e. The lowest BCUT2D eigenvalue weighted by Crippen LogP contribution is -2.50. The van der Waals surface area contributed by atoms with Gasteiger partial charge in [0.05, 0.1) is 17.1 Å². The van der Waals surface area contributed by atoms with Gasteiger partial charge >= 0.3 is 6.18 Å². The van der Waals surface area contributed by atoms with Crippen molar-refractivity contribution < 1.29 is 21.6 Å². The summed E-state index contributed by atoms with van der Waals surface area (Å²) in [7, 11) is -2.83. The van der Waals surface area contributed by atoms with E-state index in [9.17, 15) is 21.6 Å². The number of nitrogens with zero attached hydrogens (tertiary/aromatic N) is 4. The van der Waals surface area contributed by atoms with Gasteiger partial charge < -0.3 is 0 Å².